The summed E-state index contributed by atoms with van der Waals surface area (Å²) in [6.45, 7) is 0.656. The van der Waals surface area contributed by atoms with Gasteiger partial charge in [-0.25, -0.2) is 4.98 Å². The first-order valence-electron chi connectivity index (χ1n) is 12.5. The topological polar surface area (TPSA) is 63.7 Å². The van der Waals surface area contributed by atoms with Crippen molar-refractivity contribution in [1.29, 1.82) is 5.41 Å². The smallest absolute Gasteiger partial charge is 0.146 e. The molecule has 0 unspecified atom stereocenters. The number of Topliss-reactive ketones (excluding diaryl/α,β-unsaturated/α-hetero) is 1. The summed E-state index contributed by atoms with van der Waals surface area (Å²) < 4.78 is 4.25. The Labute approximate surface area is 210 Å². The van der Waals surface area contributed by atoms with Crippen molar-refractivity contribution in [2.24, 2.45) is 0 Å². The van der Waals surface area contributed by atoms with Crippen LogP contribution in [-0.2, 0) is 11.3 Å². The Bertz CT molecular complexity index is 1570. The lowest BCUT2D eigenvalue weighted by molar-refractivity contribution is -0.120. The van der Waals surface area contributed by atoms with E-state index in [9.17, 15) is 10.2 Å². The van der Waals surface area contributed by atoms with Gasteiger partial charge in [0.2, 0.25) is 0 Å². The van der Waals surface area contributed by atoms with E-state index in [0.717, 1.165) is 46.3 Å². The van der Waals surface area contributed by atoms with Gasteiger partial charge in [-0.15, -0.1) is 0 Å². The van der Waals surface area contributed by atoms with E-state index in [1.54, 1.807) is 0 Å². The van der Waals surface area contributed by atoms with Gasteiger partial charge in [0.05, 0.1) is 17.4 Å². The van der Waals surface area contributed by atoms with Crippen LogP contribution in [-0.4, -0.2) is 19.9 Å². The maximum Gasteiger partial charge on any atom is 0.146 e. The van der Waals surface area contributed by atoms with E-state index in [4.69, 9.17) is 4.98 Å². The van der Waals surface area contributed by atoms with Gasteiger partial charge in [-0.1, -0.05) is 91.0 Å². The first-order valence-corrected chi connectivity index (χ1v) is 12.5. The third-order valence-electron chi connectivity index (χ3n) is 7.23. The Kier molecular flexibility index (Phi) is 5.82. The fraction of sp³-hybridized carbons (Fsp3) is 0.194. The second-order valence-corrected chi connectivity index (χ2v) is 9.50. The number of nitrogens with zero attached hydrogens (tertiary/aromatic N) is 3. The number of carbonyl (C=O) groups is 1. The zero-order valence-electron chi connectivity index (χ0n) is 20.1. The molecule has 5 heteroatoms. The van der Waals surface area contributed by atoms with Crippen molar-refractivity contribution in [3.05, 3.63) is 108 Å². The summed E-state index contributed by atoms with van der Waals surface area (Å²) in [6, 6.07) is 31.3. The normalized spacial score (nSPS) is 14.4. The largest absolute Gasteiger partial charge is 0.320 e. The van der Waals surface area contributed by atoms with E-state index in [-0.39, 0.29) is 6.04 Å². The molecule has 5 aromatic rings. The van der Waals surface area contributed by atoms with Crippen LogP contribution in [0.2, 0.25) is 0 Å². The molecule has 1 aliphatic rings. The Morgan fingerprint density at radius 1 is 0.806 bits per heavy atom. The summed E-state index contributed by atoms with van der Waals surface area (Å²) in [4.78, 5) is 16.9. The van der Waals surface area contributed by atoms with Gasteiger partial charge in [0.1, 0.15) is 16.9 Å². The van der Waals surface area contributed by atoms with E-state index in [1.807, 2.05) is 41.2 Å². The average molecular weight is 473 g/mol. The summed E-state index contributed by atoms with van der Waals surface area (Å²) >= 11 is 0. The van der Waals surface area contributed by atoms with Crippen LogP contribution in [0, 0.1) is 5.41 Å². The van der Waals surface area contributed by atoms with Crippen LogP contribution in [0.5, 0.6) is 0 Å². The Morgan fingerprint density at radius 3 is 2.03 bits per heavy atom. The van der Waals surface area contributed by atoms with Crippen molar-refractivity contribution < 1.29 is 4.79 Å². The molecule has 0 saturated heterocycles. The lowest BCUT2D eigenvalue weighted by atomic mass is 9.94. The zero-order chi connectivity index (χ0) is 24.5. The number of hydrogen-bond donors (Lipinski definition) is 1. The first-order chi connectivity index (χ1) is 17.7. The molecular weight excluding hydrogens is 444 g/mol. The van der Waals surface area contributed by atoms with Gasteiger partial charge in [0, 0.05) is 31.0 Å². The second kappa shape index (κ2) is 9.42. The molecule has 178 valence electrons. The predicted molar refractivity (Wildman–Crippen MR) is 143 cm³/mol. The van der Waals surface area contributed by atoms with Gasteiger partial charge in [-0.05, 0) is 29.5 Å². The molecule has 6 rings (SSSR count). The SMILES string of the molecule is N=c1c2c(-c3ccccc3)c(-c3ccccc3)n(Cc3ccccc3)c2ncn1C1CCC(=O)CC1. The highest BCUT2D eigenvalue weighted by Crippen LogP contribution is 2.39. The summed E-state index contributed by atoms with van der Waals surface area (Å²) in [5.41, 5.74) is 6.72. The molecular formula is C31H28N4O. The fourth-order valence-corrected chi connectivity index (χ4v) is 5.45. The molecule has 5 nitrogen and oxygen atoms in total. The highest BCUT2D eigenvalue weighted by molar-refractivity contribution is 6.02. The molecule has 1 aliphatic carbocycles. The van der Waals surface area contributed by atoms with E-state index in [1.165, 1.54) is 5.56 Å². The van der Waals surface area contributed by atoms with E-state index < -0.39 is 0 Å². The lowest BCUT2D eigenvalue weighted by Gasteiger charge is -2.24. The summed E-state index contributed by atoms with van der Waals surface area (Å²) in [5.74, 6) is 0.317. The Hall–Kier alpha value is -4.25. The fourth-order valence-electron chi connectivity index (χ4n) is 5.45. The zero-order valence-corrected chi connectivity index (χ0v) is 20.1. The Balaban J connectivity index is 1.67. The number of nitrogens with one attached hydrogen (secondary N) is 1. The number of benzene rings is 3. The van der Waals surface area contributed by atoms with Crippen molar-refractivity contribution >= 4 is 16.8 Å². The lowest BCUT2D eigenvalue weighted by Crippen LogP contribution is -2.28. The summed E-state index contributed by atoms with van der Waals surface area (Å²) in [6.07, 6.45) is 4.49. The van der Waals surface area contributed by atoms with Crippen LogP contribution in [0.3, 0.4) is 0 Å². The van der Waals surface area contributed by atoms with Crippen LogP contribution in [0.25, 0.3) is 33.4 Å². The van der Waals surface area contributed by atoms with Crippen LogP contribution in [0.15, 0.2) is 97.3 Å². The molecule has 0 amide bonds. The molecule has 0 spiro atoms. The number of aromatic nitrogens is 3. The number of ketones is 1. The molecule has 3 aromatic carbocycles. The maximum atomic E-state index is 11.9. The van der Waals surface area contributed by atoms with Gasteiger partial charge in [0.15, 0.2) is 0 Å². The van der Waals surface area contributed by atoms with Gasteiger partial charge >= 0.3 is 0 Å². The van der Waals surface area contributed by atoms with Crippen molar-refractivity contribution in [1.82, 2.24) is 14.1 Å². The first kappa shape index (κ1) is 22.2. The Morgan fingerprint density at radius 2 is 1.39 bits per heavy atom. The quantitative estimate of drug-likeness (QED) is 0.322. The van der Waals surface area contributed by atoms with E-state index in [0.29, 0.717) is 30.7 Å². The molecule has 2 aromatic heterocycles. The minimum absolute atomic E-state index is 0.119. The van der Waals surface area contributed by atoms with Crippen LogP contribution < -0.4 is 5.49 Å². The van der Waals surface area contributed by atoms with Crippen molar-refractivity contribution in [2.45, 2.75) is 38.3 Å². The van der Waals surface area contributed by atoms with Gasteiger partial charge in [-0.2, -0.15) is 0 Å². The van der Waals surface area contributed by atoms with Crippen molar-refractivity contribution in [3.8, 4) is 22.4 Å². The third-order valence-corrected chi connectivity index (χ3v) is 7.23. The molecule has 0 atom stereocenters. The van der Waals surface area contributed by atoms with Gasteiger partial charge in [0.25, 0.3) is 0 Å². The monoisotopic (exact) mass is 472 g/mol. The average Bonchev–Trinajstić information content (AvgIpc) is 3.26. The van der Waals surface area contributed by atoms with Crippen molar-refractivity contribution in [3.63, 3.8) is 0 Å². The standard InChI is InChI=1S/C31H28N4O/c32-30-28-27(23-12-6-2-7-13-23)29(24-14-8-3-9-15-24)34(20-22-10-4-1-5-11-22)31(28)33-21-35(30)25-16-18-26(36)19-17-25/h1-15,21,25,32H,16-20H2. The third kappa shape index (κ3) is 3.97. The minimum Gasteiger partial charge on any atom is -0.320 e. The minimum atomic E-state index is 0.119. The van der Waals surface area contributed by atoms with Crippen LogP contribution in [0.4, 0.5) is 0 Å². The molecule has 1 saturated carbocycles. The highest BCUT2D eigenvalue weighted by Gasteiger charge is 2.26. The molecule has 36 heavy (non-hydrogen) atoms. The second-order valence-electron chi connectivity index (χ2n) is 9.50. The van der Waals surface area contributed by atoms with Crippen LogP contribution >= 0.6 is 0 Å². The number of carbonyl (C=O) groups excluding carboxylic acids is 1. The number of rotatable bonds is 5. The molecule has 1 N–H and O–H groups in total. The summed E-state index contributed by atoms with van der Waals surface area (Å²) in [7, 11) is 0. The number of hydrogen-bond acceptors (Lipinski definition) is 3. The summed E-state index contributed by atoms with van der Waals surface area (Å²) in [5, 5.41) is 10.2. The van der Waals surface area contributed by atoms with Gasteiger partial charge in [-0.3, -0.25) is 10.2 Å². The molecule has 2 heterocycles. The predicted octanol–water partition coefficient (Wildman–Crippen LogP) is 6.38. The van der Waals surface area contributed by atoms with E-state index >= 15 is 0 Å². The molecule has 0 aliphatic heterocycles. The molecule has 0 bridgehead atoms. The molecule has 0 radical (unpaired) electrons. The molecule has 1 fully saturated rings. The maximum absolute atomic E-state index is 11.9. The highest BCUT2D eigenvalue weighted by atomic mass is 16.1. The van der Waals surface area contributed by atoms with E-state index in [2.05, 4.69) is 65.2 Å². The van der Waals surface area contributed by atoms with Gasteiger partial charge < -0.3 is 9.13 Å². The number of fused-ring (bicyclic) bond motifs is 1. The van der Waals surface area contributed by atoms with Crippen molar-refractivity contribution in [2.75, 3.05) is 0 Å². The van der Waals surface area contributed by atoms with Crippen LogP contribution in [0.1, 0.15) is 37.3 Å².